The van der Waals surface area contributed by atoms with Crippen LogP contribution in [0.15, 0.2) is 0 Å². The van der Waals surface area contributed by atoms with Crippen LogP contribution in [0.1, 0.15) is 39.0 Å². The predicted molar refractivity (Wildman–Crippen MR) is 79.4 cm³/mol. The molecule has 1 saturated heterocycles. The number of carbonyl (C=O) groups excluding carboxylic acids is 2. The Kier molecular flexibility index (Phi) is 5.22. The quantitative estimate of drug-likeness (QED) is 0.764. The van der Waals surface area contributed by atoms with Gasteiger partial charge >= 0.3 is 0 Å². The van der Waals surface area contributed by atoms with Crippen molar-refractivity contribution in [3.63, 3.8) is 0 Å². The van der Waals surface area contributed by atoms with Gasteiger partial charge in [0.05, 0.1) is 11.5 Å². The van der Waals surface area contributed by atoms with Crippen LogP contribution in [-0.2, 0) is 9.59 Å². The number of primary amides is 1. The second kappa shape index (κ2) is 6.75. The number of β-amino-alcohol motifs (C(OH)–C–C–N with tert-alkyl or cyclic N) is 1. The van der Waals surface area contributed by atoms with Gasteiger partial charge in [0, 0.05) is 39.6 Å². The molecule has 2 rings (SSSR count). The number of rotatable bonds is 3. The van der Waals surface area contributed by atoms with Gasteiger partial charge in [-0.2, -0.15) is 0 Å². The van der Waals surface area contributed by atoms with Gasteiger partial charge in [-0.3, -0.25) is 14.5 Å². The fourth-order valence-electron chi connectivity index (χ4n) is 3.47. The molecule has 120 valence electrons. The minimum absolute atomic E-state index is 0.0283. The van der Waals surface area contributed by atoms with Crippen LogP contribution in [0, 0.1) is 5.92 Å². The standard InChI is InChI=1S/C15H27N3O3/c1-12(19)18-8-7-17(9-13(10-18)14(16)20)11-15(21)5-3-2-4-6-15/h13,21H,2-11H2,1H3,(H2,16,20). The summed E-state index contributed by atoms with van der Waals surface area (Å²) < 4.78 is 0. The van der Waals surface area contributed by atoms with E-state index >= 15 is 0 Å². The summed E-state index contributed by atoms with van der Waals surface area (Å²) in [6.45, 7) is 4.28. The number of aliphatic hydroxyl groups is 1. The second-order valence-electron chi connectivity index (χ2n) is 6.58. The molecule has 2 fully saturated rings. The van der Waals surface area contributed by atoms with Crippen molar-refractivity contribution in [2.24, 2.45) is 11.7 Å². The number of nitrogens with zero attached hydrogens (tertiary/aromatic N) is 2. The van der Waals surface area contributed by atoms with Crippen molar-refractivity contribution in [2.75, 3.05) is 32.7 Å². The summed E-state index contributed by atoms with van der Waals surface area (Å²) in [5.74, 6) is -0.758. The molecule has 1 saturated carbocycles. The first-order chi connectivity index (χ1) is 9.89. The summed E-state index contributed by atoms with van der Waals surface area (Å²) in [7, 11) is 0. The van der Waals surface area contributed by atoms with E-state index in [2.05, 4.69) is 4.90 Å². The molecule has 0 aromatic rings. The highest BCUT2D eigenvalue weighted by Gasteiger charge is 2.34. The number of hydrogen-bond donors (Lipinski definition) is 2. The molecular weight excluding hydrogens is 270 g/mol. The first-order valence-electron chi connectivity index (χ1n) is 7.89. The highest BCUT2D eigenvalue weighted by Crippen LogP contribution is 2.29. The van der Waals surface area contributed by atoms with Crippen LogP contribution in [-0.4, -0.2) is 65.0 Å². The third kappa shape index (κ3) is 4.41. The SMILES string of the molecule is CC(=O)N1CCN(CC2(O)CCCCC2)CC(C(N)=O)C1. The molecule has 1 unspecified atom stereocenters. The molecule has 0 aromatic heterocycles. The van der Waals surface area contributed by atoms with E-state index in [1.807, 2.05) is 0 Å². The maximum atomic E-state index is 11.6. The topological polar surface area (TPSA) is 86.9 Å². The van der Waals surface area contributed by atoms with E-state index in [0.717, 1.165) is 25.7 Å². The number of hydrogen-bond acceptors (Lipinski definition) is 4. The Morgan fingerprint density at radius 2 is 1.86 bits per heavy atom. The Morgan fingerprint density at radius 3 is 2.43 bits per heavy atom. The molecule has 21 heavy (non-hydrogen) atoms. The summed E-state index contributed by atoms with van der Waals surface area (Å²) in [5, 5.41) is 10.7. The summed E-state index contributed by atoms with van der Waals surface area (Å²) in [5.41, 5.74) is 4.81. The molecule has 1 aliphatic heterocycles. The molecule has 0 radical (unpaired) electrons. The number of nitrogens with two attached hydrogens (primary N) is 1. The molecule has 2 aliphatic rings. The van der Waals surface area contributed by atoms with Gasteiger partial charge in [0.15, 0.2) is 0 Å². The van der Waals surface area contributed by atoms with Crippen molar-refractivity contribution in [3.8, 4) is 0 Å². The zero-order chi connectivity index (χ0) is 15.5. The van der Waals surface area contributed by atoms with Crippen molar-refractivity contribution in [1.82, 2.24) is 9.80 Å². The van der Waals surface area contributed by atoms with Crippen LogP contribution in [0.5, 0.6) is 0 Å². The van der Waals surface area contributed by atoms with Crippen molar-refractivity contribution >= 4 is 11.8 Å². The van der Waals surface area contributed by atoms with E-state index in [-0.39, 0.29) is 17.7 Å². The molecule has 2 amide bonds. The molecule has 0 spiro atoms. The third-order valence-corrected chi connectivity index (χ3v) is 4.76. The van der Waals surface area contributed by atoms with Crippen LogP contribution >= 0.6 is 0 Å². The molecule has 1 atom stereocenters. The van der Waals surface area contributed by atoms with Gasteiger partial charge in [0.2, 0.25) is 11.8 Å². The Morgan fingerprint density at radius 1 is 1.19 bits per heavy atom. The van der Waals surface area contributed by atoms with Gasteiger partial charge in [-0.1, -0.05) is 19.3 Å². The van der Waals surface area contributed by atoms with Crippen molar-refractivity contribution < 1.29 is 14.7 Å². The van der Waals surface area contributed by atoms with Crippen molar-refractivity contribution in [2.45, 2.75) is 44.6 Å². The van der Waals surface area contributed by atoms with Gasteiger partial charge < -0.3 is 15.7 Å². The molecule has 6 heteroatoms. The normalized spacial score (nSPS) is 27.1. The third-order valence-electron chi connectivity index (χ3n) is 4.76. The van der Waals surface area contributed by atoms with Gasteiger partial charge in [0.25, 0.3) is 0 Å². The minimum Gasteiger partial charge on any atom is -0.389 e. The highest BCUT2D eigenvalue weighted by molar-refractivity contribution is 5.79. The van der Waals surface area contributed by atoms with Crippen LogP contribution in [0.25, 0.3) is 0 Å². The predicted octanol–water partition coefficient (Wildman–Crippen LogP) is -0.0528. The Labute approximate surface area is 126 Å². The van der Waals surface area contributed by atoms with Crippen molar-refractivity contribution in [1.29, 1.82) is 0 Å². The maximum absolute atomic E-state index is 11.6. The first kappa shape index (κ1) is 16.2. The summed E-state index contributed by atoms with van der Waals surface area (Å²) in [4.78, 5) is 27.0. The summed E-state index contributed by atoms with van der Waals surface area (Å²) in [6.07, 6.45) is 4.94. The first-order valence-corrected chi connectivity index (χ1v) is 7.89. The smallest absolute Gasteiger partial charge is 0.223 e. The highest BCUT2D eigenvalue weighted by atomic mass is 16.3. The van der Waals surface area contributed by atoms with Gasteiger partial charge in [0.1, 0.15) is 0 Å². The zero-order valence-corrected chi connectivity index (χ0v) is 12.9. The van der Waals surface area contributed by atoms with Gasteiger partial charge in [-0.25, -0.2) is 0 Å². The van der Waals surface area contributed by atoms with E-state index < -0.39 is 5.60 Å². The molecule has 6 nitrogen and oxygen atoms in total. The monoisotopic (exact) mass is 297 g/mol. The molecule has 1 heterocycles. The average Bonchev–Trinajstić information content (AvgIpc) is 2.62. The van der Waals surface area contributed by atoms with E-state index in [9.17, 15) is 14.7 Å². The zero-order valence-electron chi connectivity index (χ0n) is 12.9. The van der Waals surface area contributed by atoms with Crippen LogP contribution in [0.2, 0.25) is 0 Å². The van der Waals surface area contributed by atoms with Crippen LogP contribution < -0.4 is 5.73 Å². The van der Waals surface area contributed by atoms with Crippen LogP contribution in [0.3, 0.4) is 0 Å². The molecule has 3 N–H and O–H groups in total. The summed E-state index contributed by atoms with van der Waals surface area (Å²) in [6, 6.07) is 0. The van der Waals surface area contributed by atoms with Gasteiger partial charge in [-0.15, -0.1) is 0 Å². The molecule has 1 aliphatic carbocycles. The number of carbonyl (C=O) groups is 2. The lowest BCUT2D eigenvalue weighted by Gasteiger charge is -2.37. The number of amides is 2. The Bertz CT molecular complexity index is 394. The van der Waals surface area contributed by atoms with Gasteiger partial charge in [-0.05, 0) is 12.8 Å². The lowest BCUT2D eigenvalue weighted by molar-refractivity contribution is -0.130. The largest absolute Gasteiger partial charge is 0.389 e. The second-order valence-corrected chi connectivity index (χ2v) is 6.58. The fourth-order valence-corrected chi connectivity index (χ4v) is 3.47. The minimum atomic E-state index is -0.647. The van der Waals surface area contributed by atoms with Crippen LogP contribution in [0.4, 0.5) is 0 Å². The van der Waals surface area contributed by atoms with E-state index in [1.54, 1.807) is 4.90 Å². The molecular formula is C15H27N3O3. The lowest BCUT2D eigenvalue weighted by Crippen LogP contribution is -2.47. The van der Waals surface area contributed by atoms with Crippen molar-refractivity contribution in [3.05, 3.63) is 0 Å². The lowest BCUT2D eigenvalue weighted by atomic mass is 9.84. The molecule has 0 bridgehead atoms. The Balaban J connectivity index is 2.02. The van der Waals surface area contributed by atoms with E-state index in [1.165, 1.54) is 13.3 Å². The molecule has 0 aromatic carbocycles. The van der Waals surface area contributed by atoms with E-state index in [4.69, 9.17) is 5.73 Å². The maximum Gasteiger partial charge on any atom is 0.223 e. The Hall–Kier alpha value is -1.14. The summed E-state index contributed by atoms with van der Waals surface area (Å²) >= 11 is 0. The average molecular weight is 297 g/mol. The van der Waals surface area contributed by atoms with E-state index in [0.29, 0.717) is 32.7 Å². The fraction of sp³-hybridized carbons (Fsp3) is 0.867.